The van der Waals surface area contributed by atoms with Crippen LogP contribution >= 0.6 is 11.8 Å². The Balaban J connectivity index is 1.73. The minimum atomic E-state index is -0.525. The summed E-state index contributed by atoms with van der Waals surface area (Å²) in [6, 6.07) is 26.6. The van der Waals surface area contributed by atoms with Crippen LogP contribution in [-0.4, -0.2) is 17.1 Å². The van der Waals surface area contributed by atoms with Gasteiger partial charge in [-0.1, -0.05) is 72.4 Å². The number of amides is 2. The van der Waals surface area contributed by atoms with Gasteiger partial charge in [0.15, 0.2) is 0 Å². The summed E-state index contributed by atoms with van der Waals surface area (Å²) < 4.78 is 0. The zero-order valence-corrected chi connectivity index (χ0v) is 19.2. The molecule has 1 atom stereocenters. The van der Waals surface area contributed by atoms with Crippen molar-refractivity contribution >= 4 is 35.0 Å². The van der Waals surface area contributed by atoms with Gasteiger partial charge in [0.25, 0.3) is 5.91 Å². The number of nitrogens with one attached hydrogen (secondary N) is 1. The summed E-state index contributed by atoms with van der Waals surface area (Å²) in [6.07, 6.45) is 0.508. The van der Waals surface area contributed by atoms with Crippen molar-refractivity contribution in [1.82, 2.24) is 0 Å². The van der Waals surface area contributed by atoms with Gasteiger partial charge in [-0.05, 0) is 55.2 Å². The quantitative estimate of drug-likeness (QED) is 0.416. The van der Waals surface area contributed by atoms with E-state index < -0.39 is 11.2 Å². The molecule has 1 aliphatic rings. The Morgan fingerprint density at radius 2 is 1.67 bits per heavy atom. The molecule has 33 heavy (non-hydrogen) atoms. The molecule has 0 radical (unpaired) electrons. The van der Waals surface area contributed by atoms with Crippen LogP contribution in [0.5, 0.6) is 0 Å². The van der Waals surface area contributed by atoms with Crippen molar-refractivity contribution in [2.75, 3.05) is 10.2 Å². The van der Waals surface area contributed by atoms with Gasteiger partial charge in [-0.25, -0.2) is 0 Å². The maximum Gasteiger partial charge on any atom is 0.269 e. The van der Waals surface area contributed by atoms with Crippen molar-refractivity contribution in [3.8, 4) is 6.07 Å². The number of rotatable bonds is 5. The Kier molecular flexibility index (Phi) is 6.62. The van der Waals surface area contributed by atoms with Crippen LogP contribution in [0.2, 0.25) is 0 Å². The van der Waals surface area contributed by atoms with Crippen LogP contribution in [0.15, 0.2) is 89.5 Å². The van der Waals surface area contributed by atoms with E-state index in [0.29, 0.717) is 22.8 Å². The molecule has 5 nitrogen and oxygen atoms in total. The molecule has 6 heteroatoms. The third-order valence-electron chi connectivity index (χ3n) is 5.64. The molecule has 1 fully saturated rings. The first kappa shape index (κ1) is 22.4. The third kappa shape index (κ3) is 4.69. The minimum absolute atomic E-state index is 0.0753. The second-order valence-electron chi connectivity index (χ2n) is 7.80. The molecule has 164 valence electrons. The van der Waals surface area contributed by atoms with Crippen LogP contribution in [0.1, 0.15) is 16.7 Å². The molecule has 1 saturated heterocycles. The van der Waals surface area contributed by atoms with Gasteiger partial charge in [0.2, 0.25) is 5.91 Å². The Morgan fingerprint density at radius 3 is 2.33 bits per heavy atom. The first-order chi connectivity index (χ1) is 16.0. The van der Waals surface area contributed by atoms with E-state index in [1.807, 2.05) is 74.5 Å². The van der Waals surface area contributed by atoms with E-state index >= 15 is 0 Å². The average Bonchev–Trinajstić information content (AvgIpc) is 3.14. The number of para-hydroxylation sites is 1. The fourth-order valence-electron chi connectivity index (χ4n) is 3.70. The van der Waals surface area contributed by atoms with Gasteiger partial charge in [-0.3, -0.25) is 14.5 Å². The highest BCUT2D eigenvalue weighted by atomic mass is 32.2. The maximum atomic E-state index is 13.5. The number of aryl methyl sites for hydroxylation is 1. The van der Waals surface area contributed by atoms with Gasteiger partial charge in [0, 0.05) is 11.4 Å². The molecule has 1 heterocycles. The fourth-order valence-corrected chi connectivity index (χ4v) is 5.01. The summed E-state index contributed by atoms with van der Waals surface area (Å²) in [5.74, 6) is -0.667. The molecule has 0 bridgehead atoms. The van der Waals surface area contributed by atoms with Crippen LogP contribution in [0.25, 0.3) is 0 Å². The molecule has 4 rings (SSSR count). The van der Waals surface area contributed by atoms with E-state index in [4.69, 9.17) is 0 Å². The van der Waals surface area contributed by atoms with Gasteiger partial charge in [0.05, 0.1) is 5.25 Å². The molecule has 2 amide bonds. The molecule has 0 spiro atoms. The molecular formula is C27H23N3O2S. The Hall–Kier alpha value is -3.82. The minimum Gasteiger partial charge on any atom is -0.321 e. The molecule has 3 aromatic rings. The van der Waals surface area contributed by atoms with Gasteiger partial charge < -0.3 is 5.32 Å². The zero-order chi connectivity index (χ0) is 23.4. The monoisotopic (exact) mass is 453 g/mol. The molecule has 3 aromatic carbocycles. The molecule has 0 saturated carbocycles. The zero-order valence-electron chi connectivity index (χ0n) is 18.4. The Morgan fingerprint density at radius 1 is 1.00 bits per heavy atom. The van der Waals surface area contributed by atoms with Gasteiger partial charge in [-0.15, -0.1) is 0 Å². The number of carbonyl (C=O) groups excluding carboxylic acids is 2. The number of nitriles is 1. The van der Waals surface area contributed by atoms with E-state index in [1.165, 1.54) is 16.7 Å². The van der Waals surface area contributed by atoms with Crippen LogP contribution in [0, 0.1) is 25.2 Å². The van der Waals surface area contributed by atoms with Crippen molar-refractivity contribution in [2.45, 2.75) is 25.5 Å². The number of anilines is 2. The highest BCUT2D eigenvalue weighted by molar-refractivity contribution is 8.05. The average molecular weight is 454 g/mol. The van der Waals surface area contributed by atoms with Crippen molar-refractivity contribution in [2.24, 2.45) is 0 Å². The first-order valence-corrected chi connectivity index (χ1v) is 11.5. The summed E-state index contributed by atoms with van der Waals surface area (Å²) in [5.41, 5.74) is 4.20. The first-order valence-electron chi connectivity index (χ1n) is 10.6. The Labute approximate surface area is 197 Å². The van der Waals surface area contributed by atoms with Gasteiger partial charge in [0.1, 0.15) is 16.7 Å². The van der Waals surface area contributed by atoms with Crippen LogP contribution < -0.4 is 10.2 Å². The summed E-state index contributed by atoms with van der Waals surface area (Å²) in [6.45, 7) is 3.88. The standard InChI is InChI=1S/C27H23N3O2S/c1-18-10-9-15-23(19(18)2)29-25(31)22(17-28)27-30(21-13-7-4-8-14-21)26(32)24(33-27)16-20-11-5-3-6-12-20/h3-15,24H,16H2,1-2H3,(H,29,31)/b27-22-/t24-/m0/s1. The van der Waals surface area contributed by atoms with E-state index in [1.54, 1.807) is 18.2 Å². The maximum absolute atomic E-state index is 13.5. The summed E-state index contributed by atoms with van der Waals surface area (Å²) >= 11 is 1.27. The lowest BCUT2D eigenvalue weighted by Crippen LogP contribution is -2.30. The molecule has 1 N–H and O–H groups in total. The summed E-state index contributed by atoms with van der Waals surface area (Å²) in [5, 5.41) is 12.8. The molecule has 0 unspecified atom stereocenters. The van der Waals surface area contributed by atoms with E-state index in [0.717, 1.165) is 16.7 Å². The predicted octanol–water partition coefficient (Wildman–Crippen LogP) is 5.37. The second-order valence-corrected chi connectivity index (χ2v) is 8.99. The lowest BCUT2D eigenvalue weighted by atomic mass is 10.1. The summed E-state index contributed by atoms with van der Waals surface area (Å²) in [7, 11) is 0. The second kappa shape index (κ2) is 9.76. The largest absolute Gasteiger partial charge is 0.321 e. The molecule has 0 aromatic heterocycles. The van der Waals surface area contributed by atoms with Crippen molar-refractivity contribution in [3.63, 3.8) is 0 Å². The molecule has 1 aliphatic heterocycles. The summed E-state index contributed by atoms with van der Waals surface area (Å²) in [4.78, 5) is 28.2. The molecule has 0 aliphatic carbocycles. The number of thioether (sulfide) groups is 1. The van der Waals surface area contributed by atoms with Crippen LogP contribution in [-0.2, 0) is 16.0 Å². The lowest BCUT2D eigenvalue weighted by Gasteiger charge is -2.19. The van der Waals surface area contributed by atoms with Crippen molar-refractivity contribution < 1.29 is 9.59 Å². The van der Waals surface area contributed by atoms with E-state index in [9.17, 15) is 14.9 Å². The lowest BCUT2D eigenvalue weighted by molar-refractivity contribution is -0.117. The van der Waals surface area contributed by atoms with Crippen molar-refractivity contribution in [1.29, 1.82) is 5.26 Å². The topological polar surface area (TPSA) is 73.2 Å². The highest BCUT2D eigenvalue weighted by Crippen LogP contribution is 2.42. The fraction of sp³-hybridized carbons (Fsp3) is 0.148. The molecular weight excluding hydrogens is 430 g/mol. The number of hydrogen-bond donors (Lipinski definition) is 1. The van der Waals surface area contributed by atoms with Crippen molar-refractivity contribution in [3.05, 3.63) is 106 Å². The predicted molar refractivity (Wildman–Crippen MR) is 133 cm³/mol. The number of hydrogen-bond acceptors (Lipinski definition) is 4. The van der Waals surface area contributed by atoms with Crippen LogP contribution in [0.3, 0.4) is 0 Å². The number of carbonyl (C=O) groups is 2. The number of nitrogens with zero attached hydrogens (tertiary/aromatic N) is 2. The van der Waals surface area contributed by atoms with E-state index in [-0.39, 0.29) is 11.5 Å². The van der Waals surface area contributed by atoms with E-state index in [2.05, 4.69) is 11.4 Å². The van der Waals surface area contributed by atoms with Crippen LogP contribution in [0.4, 0.5) is 11.4 Å². The third-order valence-corrected chi connectivity index (χ3v) is 6.90. The van der Waals surface area contributed by atoms with Gasteiger partial charge >= 0.3 is 0 Å². The SMILES string of the molecule is Cc1cccc(NC(=O)/C(C#N)=C2\S[C@@H](Cc3ccccc3)C(=O)N2c2ccccc2)c1C. The Bertz CT molecular complexity index is 1260. The highest BCUT2D eigenvalue weighted by Gasteiger charge is 2.40. The smallest absolute Gasteiger partial charge is 0.269 e. The number of benzene rings is 3. The van der Waals surface area contributed by atoms with Gasteiger partial charge in [-0.2, -0.15) is 5.26 Å². The normalized spacial score (nSPS) is 16.9.